The Morgan fingerprint density at radius 1 is 1.03 bits per heavy atom. The van der Waals surface area contributed by atoms with Crippen LogP contribution in [0.1, 0.15) is 10.4 Å². The fourth-order valence-corrected chi connectivity index (χ4v) is 2.66. The molecular formula is C20H22ClN3O5. The lowest BCUT2D eigenvalue weighted by Gasteiger charge is -2.18. The van der Waals surface area contributed by atoms with E-state index in [1.54, 1.807) is 42.5 Å². The maximum absolute atomic E-state index is 12.3. The van der Waals surface area contributed by atoms with Gasteiger partial charge in [0.2, 0.25) is 11.8 Å². The number of anilines is 1. The third kappa shape index (κ3) is 6.11. The summed E-state index contributed by atoms with van der Waals surface area (Å²) in [4.78, 5) is 37.9. The highest BCUT2D eigenvalue weighted by molar-refractivity contribution is 6.31. The predicted molar refractivity (Wildman–Crippen MR) is 110 cm³/mol. The molecule has 9 heteroatoms. The number of ether oxygens (including phenoxy) is 2. The van der Waals surface area contributed by atoms with Gasteiger partial charge in [0.1, 0.15) is 11.5 Å². The van der Waals surface area contributed by atoms with Gasteiger partial charge in [0, 0.05) is 12.1 Å². The molecule has 0 aliphatic rings. The molecule has 154 valence electrons. The maximum atomic E-state index is 12.3. The number of methoxy groups -OCH3 is 2. The van der Waals surface area contributed by atoms with Crippen molar-refractivity contribution in [2.45, 2.75) is 0 Å². The number of para-hydroxylation sites is 1. The zero-order chi connectivity index (χ0) is 21.4. The van der Waals surface area contributed by atoms with Gasteiger partial charge in [-0.05, 0) is 30.3 Å². The molecule has 8 nitrogen and oxygen atoms in total. The quantitative estimate of drug-likeness (QED) is 0.683. The number of hydrogen-bond acceptors (Lipinski definition) is 5. The molecule has 2 rings (SSSR count). The van der Waals surface area contributed by atoms with Gasteiger partial charge >= 0.3 is 0 Å². The number of nitrogens with one attached hydrogen (secondary N) is 2. The van der Waals surface area contributed by atoms with E-state index in [0.717, 1.165) is 0 Å². The van der Waals surface area contributed by atoms with E-state index in [2.05, 4.69) is 10.6 Å². The SMILES string of the molecule is COc1ccc(Cl)cc1NC(=O)CN(C)C(=O)CNC(=O)c1ccccc1OC. The minimum Gasteiger partial charge on any atom is -0.496 e. The smallest absolute Gasteiger partial charge is 0.255 e. The third-order valence-corrected chi connectivity index (χ3v) is 4.23. The predicted octanol–water partition coefficient (Wildman–Crippen LogP) is 2.18. The Bertz CT molecular complexity index is 903. The van der Waals surface area contributed by atoms with Crippen molar-refractivity contribution in [1.82, 2.24) is 10.2 Å². The zero-order valence-electron chi connectivity index (χ0n) is 16.3. The molecule has 0 radical (unpaired) electrons. The van der Waals surface area contributed by atoms with Crippen LogP contribution in [0.2, 0.25) is 5.02 Å². The zero-order valence-corrected chi connectivity index (χ0v) is 17.1. The van der Waals surface area contributed by atoms with Crippen LogP contribution in [-0.2, 0) is 9.59 Å². The van der Waals surface area contributed by atoms with Gasteiger partial charge in [-0.2, -0.15) is 0 Å². The first-order valence-corrected chi connectivity index (χ1v) is 9.02. The summed E-state index contributed by atoms with van der Waals surface area (Å²) in [7, 11) is 4.39. The summed E-state index contributed by atoms with van der Waals surface area (Å²) in [5.74, 6) is -0.460. The number of hydrogen-bond donors (Lipinski definition) is 2. The van der Waals surface area contributed by atoms with Crippen LogP contribution in [0.15, 0.2) is 42.5 Å². The lowest BCUT2D eigenvalue weighted by molar-refractivity contribution is -0.132. The van der Waals surface area contributed by atoms with Crippen molar-refractivity contribution in [3.05, 3.63) is 53.1 Å². The van der Waals surface area contributed by atoms with E-state index in [9.17, 15) is 14.4 Å². The highest BCUT2D eigenvalue weighted by atomic mass is 35.5. The molecule has 2 N–H and O–H groups in total. The van der Waals surface area contributed by atoms with Crippen molar-refractivity contribution in [3.8, 4) is 11.5 Å². The van der Waals surface area contributed by atoms with Crippen molar-refractivity contribution in [2.24, 2.45) is 0 Å². The number of amides is 3. The molecule has 0 spiro atoms. The van der Waals surface area contributed by atoms with Crippen molar-refractivity contribution in [2.75, 3.05) is 39.7 Å². The molecular weight excluding hydrogens is 398 g/mol. The van der Waals surface area contributed by atoms with Gasteiger partial charge in [-0.1, -0.05) is 23.7 Å². The van der Waals surface area contributed by atoms with E-state index in [1.807, 2.05) is 0 Å². The van der Waals surface area contributed by atoms with Gasteiger partial charge < -0.3 is 25.0 Å². The van der Waals surface area contributed by atoms with E-state index >= 15 is 0 Å². The molecule has 0 aliphatic heterocycles. The van der Waals surface area contributed by atoms with E-state index in [-0.39, 0.29) is 13.1 Å². The molecule has 0 aliphatic carbocycles. The van der Waals surface area contributed by atoms with Crippen molar-refractivity contribution >= 4 is 35.0 Å². The molecule has 29 heavy (non-hydrogen) atoms. The van der Waals surface area contributed by atoms with E-state index < -0.39 is 17.7 Å². The first-order valence-electron chi connectivity index (χ1n) is 8.64. The van der Waals surface area contributed by atoms with Crippen LogP contribution in [-0.4, -0.2) is 57.0 Å². The number of rotatable bonds is 8. The Labute approximate surface area is 173 Å². The van der Waals surface area contributed by atoms with Crippen LogP contribution >= 0.6 is 11.6 Å². The largest absolute Gasteiger partial charge is 0.496 e. The van der Waals surface area contributed by atoms with Gasteiger partial charge in [-0.3, -0.25) is 14.4 Å². The number of likely N-dealkylation sites (N-methyl/N-ethyl adjacent to an activating group) is 1. The number of nitrogens with zero attached hydrogens (tertiary/aromatic N) is 1. The van der Waals surface area contributed by atoms with E-state index in [0.29, 0.717) is 27.8 Å². The molecule has 0 unspecified atom stereocenters. The standard InChI is InChI=1S/C20H22ClN3O5/c1-24(12-18(25)23-15-10-13(21)8-9-17(15)29-3)19(26)11-22-20(27)14-6-4-5-7-16(14)28-2/h4-10H,11-12H2,1-3H3,(H,22,27)(H,23,25). The lowest BCUT2D eigenvalue weighted by atomic mass is 10.2. The molecule has 2 aromatic carbocycles. The average molecular weight is 420 g/mol. The summed E-state index contributed by atoms with van der Waals surface area (Å²) in [6, 6.07) is 11.5. The van der Waals surface area contributed by atoms with E-state index in [4.69, 9.17) is 21.1 Å². The first-order chi connectivity index (χ1) is 13.8. The fourth-order valence-electron chi connectivity index (χ4n) is 2.49. The summed E-state index contributed by atoms with van der Waals surface area (Å²) >= 11 is 5.94. The summed E-state index contributed by atoms with van der Waals surface area (Å²) in [6.07, 6.45) is 0. The van der Waals surface area contributed by atoms with Crippen LogP contribution in [0, 0.1) is 0 Å². The Morgan fingerprint density at radius 2 is 1.72 bits per heavy atom. The molecule has 0 saturated heterocycles. The normalized spacial score (nSPS) is 10.1. The van der Waals surface area contributed by atoms with Crippen molar-refractivity contribution < 1.29 is 23.9 Å². The highest BCUT2D eigenvalue weighted by Gasteiger charge is 2.17. The monoisotopic (exact) mass is 419 g/mol. The van der Waals surface area contributed by atoms with Crippen LogP contribution in [0.5, 0.6) is 11.5 Å². The van der Waals surface area contributed by atoms with Crippen LogP contribution < -0.4 is 20.1 Å². The Kier molecular flexibility index (Phi) is 7.85. The van der Waals surface area contributed by atoms with Crippen LogP contribution in [0.4, 0.5) is 5.69 Å². The number of carbonyl (C=O) groups excluding carboxylic acids is 3. The molecule has 0 saturated carbocycles. The second-order valence-corrected chi connectivity index (χ2v) is 6.46. The first kappa shape index (κ1) is 22.0. The average Bonchev–Trinajstić information content (AvgIpc) is 2.71. The summed E-state index contributed by atoms with van der Waals surface area (Å²) in [6.45, 7) is -0.472. The third-order valence-electron chi connectivity index (χ3n) is 3.99. The Morgan fingerprint density at radius 3 is 2.41 bits per heavy atom. The fraction of sp³-hybridized carbons (Fsp3) is 0.250. The Hall–Kier alpha value is -3.26. The second-order valence-electron chi connectivity index (χ2n) is 6.03. The number of halogens is 1. The number of carbonyl (C=O) groups is 3. The summed E-state index contributed by atoms with van der Waals surface area (Å²) in [5, 5.41) is 5.61. The van der Waals surface area contributed by atoms with Crippen molar-refractivity contribution in [1.29, 1.82) is 0 Å². The van der Waals surface area contributed by atoms with Gasteiger partial charge in [0.25, 0.3) is 5.91 Å². The molecule has 2 aromatic rings. The van der Waals surface area contributed by atoms with Gasteiger partial charge in [0.15, 0.2) is 0 Å². The molecule has 0 aromatic heterocycles. The van der Waals surface area contributed by atoms with Gasteiger partial charge in [-0.15, -0.1) is 0 Å². The minimum absolute atomic E-state index is 0.209. The highest BCUT2D eigenvalue weighted by Crippen LogP contribution is 2.27. The lowest BCUT2D eigenvalue weighted by Crippen LogP contribution is -2.41. The maximum Gasteiger partial charge on any atom is 0.255 e. The van der Waals surface area contributed by atoms with Crippen molar-refractivity contribution in [3.63, 3.8) is 0 Å². The minimum atomic E-state index is -0.447. The summed E-state index contributed by atoms with van der Waals surface area (Å²) < 4.78 is 10.3. The second kappa shape index (κ2) is 10.3. The molecule has 0 heterocycles. The Balaban J connectivity index is 1.89. The topological polar surface area (TPSA) is 97.0 Å². The molecule has 0 bridgehead atoms. The van der Waals surface area contributed by atoms with Gasteiger partial charge in [-0.25, -0.2) is 0 Å². The molecule has 3 amide bonds. The number of benzene rings is 2. The molecule has 0 fully saturated rings. The summed E-state index contributed by atoms with van der Waals surface area (Å²) in [5.41, 5.74) is 0.714. The van der Waals surface area contributed by atoms with E-state index in [1.165, 1.54) is 26.2 Å². The molecule has 0 atom stereocenters. The van der Waals surface area contributed by atoms with Gasteiger partial charge in [0.05, 0.1) is 38.6 Å². The van der Waals surface area contributed by atoms with Crippen LogP contribution in [0.3, 0.4) is 0 Å². The van der Waals surface area contributed by atoms with Crippen LogP contribution in [0.25, 0.3) is 0 Å².